The zero-order valence-corrected chi connectivity index (χ0v) is 22.4. The van der Waals surface area contributed by atoms with Crippen molar-refractivity contribution in [2.75, 3.05) is 13.1 Å². The molecule has 38 heavy (non-hydrogen) atoms. The van der Waals surface area contributed by atoms with Gasteiger partial charge in [0, 0.05) is 25.9 Å². The lowest BCUT2D eigenvalue weighted by Gasteiger charge is -2.29. The molecule has 1 heterocycles. The molecule has 4 atom stereocenters. The lowest BCUT2D eigenvalue weighted by Crippen LogP contribution is -2.55. The van der Waals surface area contributed by atoms with Crippen LogP contribution < -0.4 is 22.1 Å². The highest BCUT2D eigenvalue weighted by molar-refractivity contribution is 5.93. The molecule has 0 aromatic heterocycles. The van der Waals surface area contributed by atoms with Gasteiger partial charge >= 0.3 is 0 Å². The average Bonchev–Trinajstić information content (AvgIpc) is 3.28. The Balaban J connectivity index is 2.14. The van der Waals surface area contributed by atoms with Crippen molar-refractivity contribution < 1.29 is 24.3 Å². The molecule has 0 spiro atoms. The summed E-state index contributed by atoms with van der Waals surface area (Å²) in [6.45, 7) is 4.71. The van der Waals surface area contributed by atoms with Crippen LogP contribution >= 0.6 is 0 Å². The van der Waals surface area contributed by atoms with E-state index in [4.69, 9.17) is 11.5 Å². The quantitative estimate of drug-likeness (QED) is 0.0969. The maximum atomic E-state index is 13.7. The number of aromatic hydroxyl groups is 1. The van der Waals surface area contributed by atoms with Crippen LogP contribution in [0.3, 0.4) is 0 Å². The molecule has 3 amide bonds. The highest BCUT2D eigenvalue weighted by atomic mass is 16.3. The molecule has 1 aromatic rings. The number of rotatable bonds is 15. The first-order chi connectivity index (χ1) is 18.1. The van der Waals surface area contributed by atoms with Gasteiger partial charge in [0.2, 0.25) is 17.7 Å². The molecule has 1 aromatic carbocycles. The van der Waals surface area contributed by atoms with E-state index >= 15 is 0 Å². The Morgan fingerprint density at radius 3 is 2.50 bits per heavy atom. The third-order valence-electron chi connectivity index (χ3n) is 6.57. The minimum absolute atomic E-state index is 0.0369. The maximum Gasteiger partial charge on any atom is 0.246 e. The largest absolute Gasteiger partial charge is 0.508 e. The Kier molecular flexibility index (Phi) is 12.5. The molecule has 0 aliphatic carbocycles. The summed E-state index contributed by atoms with van der Waals surface area (Å²) in [6.07, 6.45) is 5.14. The molecule has 11 nitrogen and oxygen atoms in total. The van der Waals surface area contributed by atoms with E-state index in [0.29, 0.717) is 45.1 Å². The third-order valence-corrected chi connectivity index (χ3v) is 6.57. The summed E-state index contributed by atoms with van der Waals surface area (Å²) in [5, 5.41) is 15.2. The minimum atomic E-state index is -0.865. The van der Waals surface area contributed by atoms with Gasteiger partial charge in [-0.3, -0.25) is 19.4 Å². The number of phenolic OH excluding ortho intramolecular Hbond substituents is 1. The number of amides is 3. The highest BCUT2D eigenvalue weighted by Crippen LogP contribution is 2.25. The first-order valence-electron chi connectivity index (χ1n) is 13.3. The SMILES string of the molecule is CCCCCC(=O)NC(Cc1ccc(O)cc1)C(=O)N1CC(C)CC1C(=O)NC(C=O)CCCN=C(N)N. The van der Waals surface area contributed by atoms with Crippen LogP contribution in [0.5, 0.6) is 5.75 Å². The van der Waals surface area contributed by atoms with E-state index in [-0.39, 0.29) is 35.9 Å². The van der Waals surface area contributed by atoms with Gasteiger partial charge in [0.05, 0.1) is 6.04 Å². The van der Waals surface area contributed by atoms with Crippen molar-refractivity contribution in [3.8, 4) is 5.75 Å². The van der Waals surface area contributed by atoms with E-state index in [0.717, 1.165) is 24.8 Å². The molecule has 0 bridgehead atoms. The molecular formula is C27H42N6O5. The number of guanidine groups is 1. The number of hydrogen-bond acceptors (Lipinski definition) is 6. The molecule has 1 saturated heterocycles. The lowest BCUT2D eigenvalue weighted by atomic mass is 10.0. The van der Waals surface area contributed by atoms with Gasteiger partial charge in [-0.1, -0.05) is 38.8 Å². The Morgan fingerprint density at radius 2 is 1.87 bits per heavy atom. The summed E-state index contributed by atoms with van der Waals surface area (Å²) in [4.78, 5) is 56.6. The van der Waals surface area contributed by atoms with Crippen LogP contribution in [0.1, 0.15) is 64.4 Å². The van der Waals surface area contributed by atoms with Crippen molar-refractivity contribution in [2.45, 2.75) is 83.3 Å². The van der Waals surface area contributed by atoms with Crippen LogP contribution in [0.25, 0.3) is 0 Å². The van der Waals surface area contributed by atoms with Gasteiger partial charge in [0.25, 0.3) is 0 Å². The van der Waals surface area contributed by atoms with E-state index in [2.05, 4.69) is 15.6 Å². The fraction of sp³-hybridized carbons (Fsp3) is 0.593. The van der Waals surface area contributed by atoms with Crippen molar-refractivity contribution in [2.24, 2.45) is 22.4 Å². The number of benzene rings is 1. The topological polar surface area (TPSA) is 180 Å². The summed E-state index contributed by atoms with van der Waals surface area (Å²) >= 11 is 0. The Morgan fingerprint density at radius 1 is 1.16 bits per heavy atom. The predicted octanol–water partition coefficient (Wildman–Crippen LogP) is 0.974. The first kappa shape index (κ1) is 30.6. The number of nitrogens with zero attached hydrogens (tertiary/aromatic N) is 2. The normalized spacial score (nSPS) is 18.3. The lowest BCUT2D eigenvalue weighted by molar-refractivity contribution is -0.141. The van der Waals surface area contributed by atoms with E-state index in [1.54, 1.807) is 12.1 Å². The Bertz CT molecular complexity index is 963. The number of carbonyl (C=O) groups is 4. The van der Waals surface area contributed by atoms with Gasteiger partial charge in [-0.05, 0) is 49.3 Å². The Hall–Kier alpha value is -3.63. The zero-order chi connectivity index (χ0) is 28.1. The van der Waals surface area contributed by atoms with Crippen LogP contribution in [0.4, 0.5) is 0 Å². The maximum absolute atomic E-state index is 13.7. The van der Waals surface area contributed by atoms with Gasteiger partial charge in [-0.2, -0.15) is 0 Å². The molecule has 2 rings (SSSR count). The smallest absolute Gasteiger partial charge is 0.246 e. The molecule has 210 valence electrons. The monoisotopic (exact) mass is 530 g/mol. The molecule has 1 fully saturated rings. The van der Waals surface area contributed by atoms with Crippen molar-refractivity contribution in [1.29, 1.82) is 0 Å². The van der Waals surface area contributed by atoms with Gasteiger partial charge in [0.15, 0.2) is 5.96 Å². The molecule has 0 radical (unpaired) electrons. The van der Waals surface area contributed by atoms with Crippen LogP contribution in [-0.2, 0) is 25.6 Å². The van der Waals surface area contributed by atoms with Crippen molar-refractivity contribution in [1.82, 2.24) is 15.5 Å². The fourth-order valence-corrected chi connectivity index (χ4v) is 4.58. The molecule has 11 heteroatoms. The van der Waals surface area contributed by atoms with Crippen LogP contribution in [0.2, 0.25) is 0 Å². The van der Waals surface area contributed by atoms with Crippen molar-refractivity contribution in [3.05, 3.63) is 29.8 Å². The number of likely N-dealkylation sites (tertiary alicyclic amines) is 1. The molecule has 1 aliphatic rings. The van der Waals surface area contributed by atoms with Crippen molar-refractivity contribution >= 4 is 30.0 Å². The van der Waals surface area contributed by atoms with Gasteiger partial charge in [-0.15, -0.1) is 0 Å². The number of unbranched alkanes of at least 4 members (excludes halogenated alkanes) is 2. The Labute approximate surface area is 224 Å². The molecular weight excluding hydrogens is 488 g/mol. The standard InChI is InChI=1S/C27H42N6O5/c1-3-4-5-8-24(36)32-22(15-19-9-11-21(35)12-10-19)26(38)33-16-18(2)14-23(33)25(37)31-20(17-34)7-6-13-30-27(28)29/h9-12,17-18,20,22-23,35H,3-8,13-16H2,1-2H3,(H,31,37)(H,32,36)(H4,28,29,30). The number of hydrogen-bond donors (Lipinski definition) is 5. The van der Waals surface area contributed by atoms with Crippen LogP contribution in [-0.4, -0.2) is 71.2 Å². The second-order valence-electron chi connectivity index (χ2n) is 10.00. The second kappa shape index (κ2) is 15.6. The number of carbonyl (C=O) groups excluding carboxylic acids is 4. The number of phenols is 1. The molecule has 7 N–H and O–H groups in total. The summed E-state index contributed by atoms with van der Waals surface area (Å²) in [5.41, 5.74) is 11.4. The average molecular weight is 531 g/mol. The molecule has 0 saturated carbocycles. The predicted molar refractivity (Wildman–Crippen MR) is 145 cm³/mol. The van der Waals surface area contributed by atoms with E-state index in [9.17, 15) is 24.3 Å². The second-order valence-corrected chi connectivity index (χ2v) is 10.00. The van der Waals surface area contributed by atoms with Gasteiger partial charge < -0.3 is 36.9 Å². The third kappa shape index (κ3) is 10.0. The van der Waals surface area contributed by atoms with Crippen LogP contribution in [0.15, 0.2) is 29.3 Å². The van der Waals surface area contributed by atoms with Crippen LogP contribution in [0, 0.1) is 5.92 Å². The first-order valence-corrected chi connectivity index (χ1v) is 13.3. The molecule has 1 aliphatic heterocycles. The zero-order valence-electron chi connectivity index (χ0n) is 22.4. The highest BCUT2D eigenvalue weighted by Gasteiger charge is 2.41. The fourth-order valence-electron chi connectivity index (χ4n) is 4.58. The number of aliphatic imine (C=N–C) groups is 1. The van der Waals surface area contributed by atoms with E-state index in [1.165, 1.54) is 17.0 Å². The minimum Gasteiger partial charge on any atom is -0.508 e. The number of nitrogens with one attached hydrogen (secondary N) is 2. The summed E-state index contributed by atoms with van der Waals surface area (Å²) in [7, 11) is 0. The molecule has 4 unspecified atom stereocenters. The van der Waals surface area contributed by atoms with E-state index < -0.39 is 24.0 Å². The van der Waals surface area contributed by atoms with Gasteiger partial charge in [-0.25, -0.2) is 0 Å². The van der Waals surface area contributed by atoms with E-state index in [1.807, 2.05) is 13.8 Å². The van der Waals surface area contributed by atoms with Crippen molar-refractivity contribution in [3.63, 3.8) is 0 Å². The number of aldehydes is 1. The number of nitrogens with two attached hydrogens (primary N) is 2. The van der Waals surface area contributed by atoms with Gasteiger partial charge in [0.1, 0.15) is 24.1 Å². The summed E-state index contributed by atoms with van der Waals surface area (Å²) in [6, 6.07) is 4.12. The summed E-state index contributed by atoms with van der Waals surface area (Å²) in [5.74, 6) is -0.828. The summed E-state index contributed by atoms with van der Waals surface area (Å²) < 4.78 is 0.